The van der Waals surface area contributed by atoms with Crippen LogP contribution < -0.4 is 5.32 Å². The summed E-state index contributed by atoms with van der Waals surface area (Å²) in [7, 11) is 0. The molecule has 0 aliphatic carbocycles. The van der Waals surface area contributed by atoms with Crippen LogP contribution in [0.1, 0.15) is 30.1 Å². The predicted octanol–water partition coefficient (Wildman–Crippen LogP) is 2.41. The molecule has 1 N–H and O–H groups in total. The van der Waals surface area contributed by atoms with Crippen molar-refractivity contribution in [2.45, 2.75) is 19.8 Å². The summed E-state index contributed by atoms with van der Waals surface area (Å²) in [5, 5.41) is 2.96. The number of rotatable bonds is 6. The van der Waals surface area contributed by atoms with E-state index in [-0.39, 0.29) is 12.5 Å². The number of esters is 1. The molecule has 0 bridgehead atoms. The zero-order valence-electron chi connectivity index (χ0n) is 10.2. The van der Waals surface area contributed by atoms with Gasteiger partial charge in [-0.25, -0.2) is 0 Å². The first-order valence-electron chi connectivity index (χ1n) is 5.83. The van der Waals surface area contributed by atoms with Crippen molar-refractivity contribution in [3.63, 3.8) is 0 Å². The summed E-state index contributed by atoms with van der Waals surface area (Å²) in [6.45, 7) is 2.27. The van der Waals surface area contributed by atoms with Crippen molar-refractivity contribution in [2.75, 3.05) is 13.2 Å². The lowest BCUT2D eigenvalue weighted by Gasteiger charge is -2.06. The van der Waals surface area contributed by atoms with Crippen LogP contribution in [-0.2, 0) is 9.53 Å². The number of amides is 1. The van der Waals surface area contributed by atoms with E-state index in [1.807, 2.05) is 6.92 Å². The van der Waals surface area contributed by atoms with Crippen LogP contribution in [0.3, 0.4) is 0 Å². The Morgan fingerprint density at radius 3 is 2.83 bits per heavy atom. The topological polar surface area (TPSA) is 55.4 Å². The minimum absolute atomic E-state index is 0.130. The predicted molar refractivity (Wildman–Crippen MR) is 69.7 cm³/mol. The van der Waals surface area contributed by atoms with Gasteiger partial charge in [0.25, 0.3) is 5.91 Å². The van der Waals surface area contributed by atoms with Crippen molar-refractivity contribution < 1.29 is 14.3 Å². The second-order valence-electron chi connectivity index (χ2n) is 3.77. The van der Waals surface area contributed by atoms with Crippen molar-refractivity contribution in [2.24, 2.45) is 0 Å². The number of unbranched alkanes of at least 4 members (excludes halogenated alkanes) is 1. The van der Waals surface area contributed by atoms with E-state index in [0.29, 0.717) is 17.2 Å². The number of hydrogen-bond donors (Lipinski definition) is 1. The quantitative estimate of drug-likeness (QED) is 0.637. The maximum absolute atomic E-state index is 11.7. The third kappa shape index (κ3) is 5.19. The first kappa shape index (κ1) is 14.5. The van der Waals surface area contributed by atoms with Crippen LogP contribution in [0.25, 0.3) is 0 Å². The normalized spacial score (nSPS) is 9.89. The third-order valence-electron chi connectivity index (χ3n) is 2.24. The van der Waals surface area contributed by atoms with Gasteiger partial charge >= 0.3 is 5.97 Å². The first-order valence-corrected chi connectivity index (χ1v) is 6.20. The zero-order valence-corrected chi connectivity index (χ0v) is 11.0. The van der Waals surface area contributed by atoms with E-state index < -0.39 is 5.97 Å². The molecular weight excluding hydrogens is 254 g/mol. The van der Waals surface area contributed by atoms with Gasteiger partial charge in [-0.15, -0.1) is 0 Å². The smallest absolute Gasteiger partial charge is 0.325 e. The van der Waals surface area contributed by atoms with Gasteiger partial charge in [-0.2, -0.15) is 0 Å². The molecule has 98 valence electrons. The average molecular weight is 270 g/mol. The molecule has 1 aromatic rings. The third-order valence-corrected chi connectivity index (χ3v) is 2.48. The van der Waals surface area contributed by atoms with Crippen LogP contribution in [0.5, 0.6) is 0 Å². The number of hydrogen-bond acceptors (Lipinski definition) is 3. The molecule has 0 heterocycles. The summed E-state index contributed by atoms with van der Waals surface area (Å²) in [6, 6.07) is 6.52. The highest BCUT2D eigenvalue weighted by atomic mass is 35.5. The Hall–Kier alpha value is -1.55. The lowest BCUT2D eigenvalue weighted by atomic mass is 10.2. The Morgan fingerprint density at radius 1 is 1.39 bits per heavy atom. The number of carbonyl (C=O) groups excluding carboxylic acids is 2. The van der Waals surface area contributed by atoms with E-state index in [9.17, 15) is 9.59 Å². The molecule has 0 radical (unpaired) electrons. The van der Waals surface area contributed by atoms with Crippen LogP contribution in [0.2, 0.25) is 5.02 Å². The van der Waals surface area contributed by atoms with E-state index >= 15 is 0 Å². The van der Waals surface area contributed by atoms with E-state index in [0.717, 1.165) is 12.8 Å². The van der Waals surface area contributed by atoms with Gasteiger partial charge in [0.15, 0.2) is 0 Å². The summed E-state index contributed by atoms with van der Waals surface area (Å²) < 4.78 is 4.91. The van der Waals surface area contributed by atoms with Crippen LogP contribution >= 0.6 is 11.6 Å². The molecule has 4 nitrogen and oxygen atoms in total. The Bertz CT molecular complexity index is 420. The average Bonchev–Trinajstić information content (AvgIpc) is 2.36. The maximum Gasteiger partial charge on any atom is 0.325 e. The molecule has 18 heavy (non-hydrogen) atoms. The van der Waals surface area contributed by atoms with E-state index in [4.69, 9.17) is 16.3 Å². The van der Waals surface area contributed by atoms with Crippen LogP contribution in [0.4, 0.5) is 0 Å². The fraction of sp³-hybridized carbons (Fsp3) is 0.385. The molecular formula is C13H16ClNO3. The largest absolute Gasteiger partial charge is 0.464 e. The summed E-state index contributed by atoms with van der Waals surface area (Å²) in [5.41, 5.74) is 0.420. The lowest BCUT2D eigenvalue weighted by molar-refractivity contribution is -0.142. The molecule has 0 saturated heterocycles. The van der Waals surface area contributed by atoms with Crippen molar-refractivity contribution in [3.05, 3.63) is 34.9 Å². The molecule has 1 rings (SSSR count). The van der Waals surface area contributed by atoms with E-state index in [1.54, 1.807) is 24.3 Å². The Morgan fingerprint density at radius 2 is 2.17 bits per heavy atom. The highest BCUT2D eigenvalue weighted by Gasteiger charge is 2.08. The van der Waals surface area contributed by atoms with Gasteiger partial charge in [-0.3, -0.25) is 9.59 Å². The molecule has 1 aromatic carbocycles. The second-order valence-corrected chi connectivity index (χ2v) is 4.20. The van der Waals surface area contributed by atoms with Crippen LogP contribution in [0, 0.1) is 0 Å². The van der Waals surface area contributed by atoms with E-state index in [2.05, 4.69) is 5.32 Å². The van der Waals surface area contributed by atoms with Crippen LogP contribution in [-0.4, -0.2) is 25.0 Å². The maximum atomic E-state index is 11.7. The zero-order chi connectivity index (χ0) is 13.4. The Balaban J connectivity index is 2.35. The van der Waals surface area contributed by atoms with Gasteiger partial charge in [-0.05, 0) is 24.6 Å². The van der Waals surface area contributed by atoms with Crippen molar-refractivity contribution in [1.82, 2.24) is 5.32 Å². The van der Waals surface area contributed by atoms with Crippen molar-refractivity contribution in [3.8, 4) is 0 Å². The molecule has 0 aliphatic heterocycles. The fourth-order valence-electron chi connectivity index (χ4n) is 1.27. The molecule has 5 heteroatoms. The molecule has 0 saturated carbocycles. The number of ether oxygens (including phenoxy) is 1. The standard InChI is InChI=1S/C13H16ClNO3/c1-2-3-7-18-12(16)9-15-13(17)10-5-4-6-11(14)8-10/h4-6,8H,2-3,7,9H2,1H3,(H,15,17). The molecule has 0 unspecified atom stereocenters. The fourth-order valence-corrected chi connectivity index (χ4v) is 1.46. The Kier molecular flexibility index (Phi) is 6.22. The first-order chi connectivity index (χ1) is 8.63. The van der Waals surface area contributed by atoms with Gasteiger partial charge < -0.3 is 10.1 Å². The molecule has 0 aromatic heterocycles. The summed E-state index contributed by atoms with van der Waals surface area (Å²) in [6.07, 6.45) is 1.79. The van der Waals surface area contributed by atoms with Crippen molar-refractivity contribution in [1.29, 1.82) is 0 Å². The van der Waals surface area contributed by atoms with Gasteiger partial charge in [0, 0.05) is 10.6 Å². The molecule has 0 atom stereocenters. The van der Waals surface area contributed by atoms with Gasteiger partial charge in [0.1, 0.15) is 6.54 Å². The van der Waals surface area contributed by atoms with Gasteiger partial charge in [0.05, 0.1) is 6.61 Å². The monoisotopic (exact) mass is 269 g/mol. The van der Waals surface area contributed by atoms with E-state index in [1.165, 1.54) is 0 Å². The SMILES string of the molecule is CCCCOC(=O)CNC(=O)c1cccc(Cl)c1. The Labute approximate surface area is 111 Å². The van der Waals surface area contributed by atoms with Crippen molar-refractivity contribution >= 4 is 23.5 Å². The molecule has 0 aliphatic rings. The highest BCUT2D eigenvalue weighted by Crippen LogP contribution is 2.10. The number of halogens is 1. The van der Waals surface area contributed by atoms with Gasteiger partial charge in [-0.1, -0.05) is 31.0 Å². The summed E-state index contributed by atoms with van der Waals surface area (Å²) >= 11 is 5.76. The summed E-state index contributed by atoms with van der Waals surface area (Å²) in [5.74, 6) is -0.774. The number of carbonyl (C=O) groups is 2. The lowest BCUT2D eigenvalue weighted by Crippen LogP contribution is -2.30. The number of benzene rings is 1. The second kappa shape index (κ2) is 7.71. The van der Waals surface area contributed by atoms with Gasteiger partial charge in [0.2, 0.25) is 0 Å². The number of nitrogens with one attached hydrogen (secondary N) is 1. The molecule has 0 fully saturated rings. The minimum atomic E-state index is -0.432. The highest BCUT2D eigenvalue weighted by molar-refractivity contribution is 6.30. The summed E-state index contributed by atoms with van der Waals surface area (Å²) in [4.78, 5) is 22.9. The molecule has 1 amide bonds. The van der Waals surface area contributed by atoms with Crippen LogP contribution in [0.15, 0.2) is 24.3 Å². The minimum Gasteiger partial charge on any atom is -0.464 e. The molecule has 0 spiro atoms.